The average Bonchev–Trinajstić information content (AvgIpc) is 2.61. The molecular weight excluding hydrogens is 310 g/mol. The first kappa shape index (κ1) is 17.0. The van der Waals surface area contributed by atoms with Crippen LogP contribution in [0.4, 0.5) is 5.69 Å². The minimum absolute atomic E-state index is 0.217. The van der Waals surface area contributed by atoms with Crippen LogP contribution in [0.2, 0.25) is 0 Å². The van der Waals surface area contributed by atoms with Gasteiger partial charge >= 0.3 is 0 Å². The summed E-state index contributed by atoms with van der Waals surface area (Å²) in [6.07, 6.45) is 0. The van der Waals surface area contributed by atoms with Gasteiger partial charge in [0.25, 0.3) is 0 Å². The first-order valence-electron chi connectivity index (χ1n) is 8.35. The number of nitrogens with zero attached hydrogens (tertiary/aromatic N) is 1. The molecule has 0 N–H and O–H groups in total. The van der Waals surface area contributed by atoms with Crippen molar-refractivity contribution in [3.63, 3.8) is 0 Å². The maximum atomic E-state index is 6.17. The molecule has 0 aliphatic heterocycles. The molecule has 0 aliphatic carbocycles. The molecule has 0 saturated heterocycles. The van der Waals surface area contributed by atoms with Crippen molar-refractivity contribution in [2.45, 2.75) is 20.8 Å². The van der Waals surface area contributed by atoms with E-state index in [0.717, 1.165) is 22.6 Å². The molecule has 0 saturated carbocycles. The average molecular weight is 333 g/mol. The monoisotopic (exact) mass is 333 g/mol. The Kier molecular flexibility index (Phi) is 4.75. The quantitative estimate of drug-likeness (QED) is 0.434. The van der Waals surface area contributed by atoms with Gasteiger partial charge in [-0.1, -0.05) is 51.1 Å². The molecule has 0 fully saturated rings. The van der Waals surface area contributed by atoms with Crippen LogP contribution in [0.15, 0.2) is 71.7 Å². The molecule has 25 heavy (non-hydrogen) atoms. The van der Waals surface area contributed by atoms with Crippen molar-refractivity contribution in [3.8, 4) is 11.5 Å². The Morgan fingerprint density at radius 3 is 2.08 bits per heavy atom. The normalized spacial score (nSPS) is 12.2. The van der Waals surface area contributed by atoms with Gasteiger partial charge in [-0.2, -0.15) is 0 Å². The molecule has 3 rings (SSSR count). The predicted molar refractivity (Wildman–Crippen MR) is 104 cm³/mol. The molecule has 3 heteroatoms. The lowest BCUT2D eigenvalue weighted by molar-refractivity contribution is 0.415. The van der Waals surface area contributed by atoms with Crippen LogP contribution in [0.3, 0.4) is 0 Å². The number of ether oxygens (including phenoxy) is 2. The van der Waals surface area contributed by atoms with E-state index in [1.807, 2.05) is 48.5 Å². The topological polar surface area (TPSA) is 30.8 Å². The van der Waals surface area contributed by atoms with Gasteiger partial charge in [-0.15, -0.1) is 0 Å². The van der Waals surface area contributed by atoms with E-state index in [2.05, 4.69) is 39.0 Å². The van der Waals surface area contributed by atoms with E-state index in [0.29, 0.717) is 5.90 Å². The van der Waals surface area contributed by atoms with Crippen LogP contribution in [0, 0.1) is 5.41 Å². The summed E-state index contributed by atoms with van der Waals surface area (Å²) in [5, 5.41) is 2.34. The number of rotatable bonds is 3. The largest absolute Gasteiger partial charge is 0.497 e. The lowest BCUT2D eigenvalue weighted by atomic mass is 9.96. The molecule has 3 aromatic rings. The molecule has 3 nitrogen and oxygen atoms in total. The summed E-state index contributed by atoms with van der Waals surface area (Å²) in [5.41, 5.74) is 0.623. The molecule has 0 spiro atoms. The maximum absolute atomic E-state index is 6.17. The zero-order chi connectivity index (χ0) is 17.9. The lowest BCUT2D eigenvalue weighted by Crippen LogP contribution is -2.26. The predicted octanol–water partition coefficient (Wildman–Crippen LogP) is 6.00. The fourth-order valence-electron chi connectivity index (χ4n) is 2.46. The SMILES string of the molecule is COc1ccc(N=C(Oc2ccc3ccccc3c2)C(C)(C)C)cc1. The summed E-state index contributed by atoms with van der Waals surface area (Å²) in [6.45, 7) is 6.28. The third-order valence-corrected chi connectivity index (χ3v) is 3.88. The van der Waals surface area contributed by atoms with Gasteiger partial charge in [0.05, 0.1) is 12.8 Å². The van der Waals surface area contributed by atoms with Gasteiger partial charge in [-0.3, -0.25) is 0 Å². The fraction of sp³-hybridized carbons (Fsp3) is 0.227. The number of fused-ring (bicyclic) bond motifs is 1. The molecule has 128 valence electrons. The van der Waals surface area contributed by atoms with Crippen molar-refractivity contribution in [2.75, 3.05) is 7.11 Å². The van der Waals surface area contributed by atoms with Gasteiger partial charge in [0.15, 0.2) is 0 Å². The number of methoxy groups -OCH3 is 1. The second-order valence-electron chi connectivity index (χ2n) is 6.98. The van der Waals surface area contributed by atoms with Crippen LogP contribution >= 0.6 is 0 Å². The van der Waals surface area contributed by atoms with Crippen molar-refractivity contribution in [1.29, 1.82) is 0 Å². The Hall–Kier alpha value is -2.81. The highest BCUT2D eigenvalue weighted by Gasteiger charge is 2.22. The summed E-state index contributed by atoms with van der Waals surface area (Å²) < 4.78 is 11.4. The summed E-state index contributed by atoms with van der Waals surface area (Å²) in [4.78, 5) is 4.72. The smallest absolute Gasteiger partial charge is 0.200 e. The molecule has 0 bridgehead atoms. The van der Waals surface area contributed by atoms with Crippen LogP contribution < -0.4 is 9.47 Å². The van der Waals surface area contributed by atoms with E-state index in [9.17, 15) is 0 Å². The number of aliphatic imine (C=N–C) groups is 1. The highest BCUT2D eigenvalue weighted by Crippen LogP contribution is 2.27. The number of benzene rings is 3. The standard InChI is InChI=1S/C22H23NO2/c1-22(2,3)21(23-18-10-13-19(24-4)14-11-18)25-20-12-9-16-7-5-6-8-17(16)15-20/h5-15H,1-4H3. The Labute approximate surface area is 148 Å². The minimum Gasteiger partial charge on any atom is -0.497 e. The molecule has 0 radical (unpaired) electrons. The van der Waals surface area contributed by atoms with E-state index in [1.165, 1.54) is 5.39 Å². The molecule has 0 heterocycles. The van der Waals surface area contributed by atoms with Crippen molar-refractivity contribution in [3.05, 3.63) is 66.7 Å². The highest BCUT2D eigenvalue weighted by molar-refractivity contribution is 5.88. The van der Waals surface area contributed by atoms with Crippen molar-refractivity contribution < 1.29 is 9.47 Å². The molecular formula is C22H23NO2. The van der Waals surface area contributed by atoms with E-state index < -0.39 is 0 Å². The number of hydrogen-bond donors (Lipinski definition) is 0. The van der Waals surface area contributed by atoms with E-state index >= 15 is 0 Å². The van der Waals surface area contributed by atoms with Gasteiger partial charge < -0.3 is 9.47 Å². The zero-order valence-electron chi connectivity index (χ0n) is 15.1. The van der Waals surface area contributed by atoms with Gasteiger partial charge in [-0.25, -0.2) is 4.99 Å². The lowest BCUT2D eigenvalue weighted by Gasteiger charge is -2.21. The molecule has 3 aromatic carbocycles. The Morgan fingerprint density at radius 1 is 0.800 bits per heavy atom. The van der Waals surface area contributed by atoms with Crippen LogP contribution in [0.1, 0.15) is 20.8 Å². The van der Waals surface area contributed by atoms with Crippen molar-refractivity contribution >= 4 is 22.4 Å². The van der Waals surface area contributed by atoms with Gasteiger partial charge in [-0.05, 0) is 47.2 Å². The summed E-state index contributed by atoms with van der Waals surface area (Å²) in [6, 6.07) is 22.0. The van der Waals surface area contributed by atoms with Gasteiger partial charge in [0.2, 0.25) is 5.90 Å². The summed E-state index contributed by atoms with van der Waals surface area (Å²) >= 11 is 0. The van der Waals surface area contributed by atoms with Crippen molar-refractivity contribution in [1.82, 2.24) is 0 Å². The van der Waals surface area contributed by atoms with Crippen molar-refractivity contribution in [2.24, 2.45) is 10.4 Å². The molecule has 0 aromatic heterocycles. The van der Waals surface area contributed by atoms with Crippen LogP contribution in [0.25, 0.3) is 10.8 Å². The van der Waals surface area contributed by atoms with E-state index in [4.69, 9.17) is 14.5 Å². The third kappa shape index (κ3) is 4.18. The Bertz CT molecular complexity index is 890. The first-order chi connectivity index (χ1) is 12.0. The first-order valence-corrected chi connectivity index (χ1v) is 8.35. The Balaban J connectivity index is 1.93. The second kappa shape index (κ2) is 6.98. The highest BCUT2D eigenvalue weighted by atomic mass is 16.5. The van der Waals surface area contributed by atoms with Crippen LogP contribution in [0.5, 0.6) is 11.5 Å². The maximum Gasteiger partial charge on any atom is 0.200 e. The van der Waals surface area contributed by atoms with Gasteiger partial charge in [0.1, 0.15) is 11.5 Å². The number of hydrogen-bond acceptors (Lipinski definition) is 3. The van der Waals surface area contributed by atoms with Crippen LogP contribution in [-0.4, -0.2) is 13.0 Å². The molecule has 0 amide bonds. The molecule has 0 unspecified atom stereocenters. The zero-order valence-corrected chi connectivity index (χ0v) is 15.1. The second-order valence-corrected chi connectivity index (χ2v) is 6.98. The van der Waals surface area contributed by atoms with Crippen LogP contribution in [-0.2, 0) is 0 Å². The minimum atomic E-state index is -0.217. The molecule has 0 aliphatic rings. The van der Waals surface area contributed by atoms with Gasteiger partial charge in [0, 0.05) is 5.41 Å². The van der Waals surface area contributed by atoms with E-state index in [1.54, 1.807) is 7.11 Å². The third-order valence-electron chi connectivity index (χ3n) is 3.88. The van der Waals surface area contributed by atoms with E-state index in [-0.39, 0.29) is 5.41 Å². The fourth-order valence-corrected chi connectivity index (χ4v) is 2.46. The summed E-state index contributed by atoms with van der Waals surface area (Å²) in [7, 11) is 1.65. The molecule has 0 atom stereocenters. The Morgan fingerprint density at radius 2 is 1.44 bits per heavy atom. The summed E-state index contributed by atoms with van der Waals surface area (Å²) in [5.74, 6) is 2.28.